The summed E-state index contributed by atoms with van der Waals surface area (Å²) in [5, 5.41) is 4.36. The second kappa shape index (κ2) is 6.02. The van der Waals surface area contributed by atoms with Crippen LogP contribution in [-0.2, 0) is 0 Å². The van der Waals surface area contributed by atoms with Crippen LogP contribution < -0.4 is 5.32 Å². The van der Waals surface area contributed by atoms with Crippen molar-refractivity contribution in [3.63, 3.8) is 0 Å². The second-order valence-corrected chi connectivity index (χ2v) is 7.56. The first-order chi connectivity index (χ1) is 12.7. The third kappa shape index (κ3) is 2.54. The number of nitrogens with one attached hydrogen (secondary N) is 2. The van der Waals surface area contributed by atoms with Gasteiger partial charge in [-0.1, -0.05) is 0 Å². The molecule has 3 aromatic rings. The van der Waals surface area contributed by atoms with Gasteiger partial charge in [-0.3, -0.25) is 9.69 Å². The van der Waals surface area contributed by atoms with E-state index in [0.717, 1.165) is 35.3 Å². The molecule has 134 valence electrons. The van der Waals surface area contributed by atoms with Crippen molar-refractivity contribution in [3.05, 3.63) is 48.4 Å². The van der Waals surface area contributed by atoms with E-state index >= 15 is 0 Å². The molecule has 5 nitrogen and oxygen atoms in total. The van der Waals surface area contributed by atoms with Crippen LogP contribution in [0.15, 0.2) is 47.0 Å². The van der Waals surface area contributed by atoms with Crippen molar-refractivity contribution in [1.29, 1.82) is 0 Å². The molecule has 3 fully saturated rings. The number of piperidine rings is 3. The Balaban J connectivity index is 1.35. The van der Waals surface area contributed by atoms with Crippen molar-refractivity contribution < 1.29 is 9.21 Å². The molecule has 5 heteroatoms. The lowest BCUT2D eigenvalue weighted by Gasteiger charge is -2.49. The Kier molecular flexibility index (Phi) is 3.64. The zero-order valence-corrected chi connectivity index (χ0v) is 14.9. The molecule has 2 N–H and O–H groups in total. The summed E-state index contributed by atoms with van der Waals surface area (Å²) in [5.41, 5.74) is 2.07. The van der Waals surface area contributed by atoms with Crippen LogP contribution in [0.3, 0.4) is 0 Å². The molecule has 5 heterocycles. The average Bonchev–Trinajstić information content (AvgIpc) is 3.33. The van der Waals surface area contributed by atoms with Gasteiger partial charge in [0.2, 0.25) is 0 Å². The second-order valence-electron chi connectivity index (χ2n) is 7.56. The topological polar surface area (TPSA) is 61.3 Å². The van der Waals surface area contributed by atoms with E-state index in [2.05, 4.69) is 28.2 Å². The molecule has 1 aromatic carbocycles. The average molecular weight is 349 g/mol. The molecule has 0 aliphatic carbocycles. The summed E-state index contributed by atoms with van der Waals surface area (Å²) in [6.07, 6.45) is 4.27. The quantitative estimate of drug-likeness (QED) is 0.759. The van der Waals surface area contributed by atoms with E-state index in [-0.39, 0.29) is 11.9 Å². The molecule has 1 amide bonds. The molecule has 3 aliphatic heterocycles. The fourth-order valence-electron chi connectivity index (χ4n) is 4.59. The van der Waals surface area contributed by atoms with Crippen molar-refractivity contribution in [2.24, 2.45) is 5.92 Å². The van der Waals surface area contributed by atoms with Crippen LogP contribution >= 0.6 is 0 Å². The summed E-state index contributed by atoms with van der Waals surface area (Å²) in [6, 6.07) is 12.4. The Bertz CT molecular complexity index is 947. The number of benzene rings is 1. The van der Waals surface area contributed by atoms with Gasteiger partial charge < -0.3 is 14.7 Å². The zero-order chi connectivity index (χ0) is 17.7. The van der Waals surface area contributed by atoms with Crippen LogP contribution in [0.25, 0.3) is 22.2 Å². The standard InChI is InChI=1S/C21H23N3O2/c1-13-20(14-7-10-24(13)11-8-14)23-21(25)19-5-4-18(26-19)16-2-3-17-15(12-16)6-9-22-17/h2-6,9,12-14,20,22H,7-8,10-11H2,1H3,(H,23,25)/t13-,20-/m0/s1. The summed E-state index contributed by atoms with van der Waals surface area (Å²) in [4.78, 5) is 18.4. The maximum atomic E-state index is 12.7. The number of hydrogen-bond donors (Lipinski definition) is 2. The number of carbonyl (C=O) groups is 1. The lowest BCUT2D eigenvalue weighted by Crippen LogP contribution is -2.62. The van der Waals surface area contributed by atoms with E-state index in [1.807, 2.05) is 30.5 Å². The number of furan rings is 1. The molecule has 0 spiro atoms. The highest BCUT2D eigenvalue weighted by atomic mass is 16.3. The third-order valence-electron chi connectivity index (χ3n) is 6.14. The van der Waals surface area contributed by atoms with Gasteiger partial charge in [-0.05, 0) is 75.2 Å². The Morgan fingerprint density at radius 1 is 1.19 bits per heavy atom. The van der Waals surface area contributed by atoms with Crippen molar-refractivity contribution in [2.75, 3.05) is 13.1 Å². The van der Waals surface area contributed by atoms with Crippen molar-refractivity contribution >= 4 is 16.8 Å². The van der Waals surface area contributed by atoms with Crippen LogP contribution in [0.1, 0.15) is 30.3 Å². The Morgan fingerprint density at radius 3 is 2.85 bits per heavy atom. The molecule has 3 saturated heterocycles. The van der Waals surface area contributed by atoms with Crippen molar-refractivity contribution in [2.45, 2.75) is 31.8 Å². The van der Waals surface area contributed by atoms with Gasteiger partial charge in [0.15, 0.2) is 5.76 Å². The molecular weight excluding hydrogens is 326 g/mol. The van der Waals surface area contributed by atoms with Gasteiger partial charge >= 0.3 is 0 Å². The fraction of sp³-hybridized carbons (Fsp3) is 0.381. The first kappa shape index (κ1) is 15.7. The summed E-state index contributed by atoms with van der Waals surface area (Å²) in [7, 11) is 0. The van der Waals surface area contributed by atoms with Crippen LogP contribution in [0, 0.1) is 5.92 Å². The fourth-order valence-corrected chi connectivity index (χ4v) is 4.59. The molecule has 2 atom stereocenters. The number of nitrogens with zero attached hydrogens (tertiary/aromatic N) is 1. The number of amides is 1. The van der Waals surface area contributed by atoms with Gasteiger partial charge in [0, 0.05) is 34.7 Å². The van der Waals surface area contributed by atoms with Crippen molar-refractivity contribution in [1.82, 2.24) is 15.2 Å². The summed E-state index contributed by atoms with van der Waals surface area (Å²) in [5.74, 6) is 1.59. The minimum Gasteiger partial charge on any atom is -0.451 e. The van der Waals surface area contributed by atoms with Gasteiger partial charge in [-0.15, -0.1) is 0 Å². The van der Waals surface area contributed by atoms with E-state index in [0.29, 0.717) is 17.7 Å². The smallest absolute Gasteiger partial charge is 0.287 e. The van der Waals surface area contributed by atoms with Gasteiger partial charge in [0.05, 0.1) is 0 Å². The number of H-pyrrole nitrogens is 1. The summed E-state index contributed by atoms with van der Waals surface area (Å²) >= 11 is 0. The Hall–Kier alpha value is -2.53. The zero-order valence-electron chi connectivity index (χ0n) is 14.9. The summed E-state index contributed by atoms with van der Waals surface area (Å²) in [6.45, 7) is 4.53. The Morgan fingerprint density at radius 2 is 2.04 bits per heavy atom. The maximum Gasteiger partial charge on any atom is 0.287 e. The highest BCUT2D eigenvalue weighted by Gasteiger charge is 2.40. The molecule has 0 unspecified atom stereocenters. The SMILES string of the molecule is C[C@H]1[C@H](NC(=O)c2ccc(-c3ccc4[nH]ccc4c3)o2)C2CCN1CC2. The molecular formula is C21H23N3O2. The van der Waals surface area contributed by atoms with Crippen LogP contribution in [0.2, 0.25) is 0 Å². The molecule has 2 aromatic heterocycles. The monoisotopic (exact) mass is 349 g/mol. The molecule has 26 heavy (non-hydrogen) atoms. The van der Waals surface area contributed by atoms with Crippen LogP contribution in [-0.4, -0.2) is 41.0 Å². The molecule has 0 saturated carbocycles. The third-order valence-corrected chi connectivity index (χ3v) is 6.14. The lowest BCUT2D eigenvalue weighted by atomic mass is 9.79. The first-order valence-electron chi connectivity index (χ1n) is 9.41. The molecule has 3 aliphatic rings. The number of aromatic amines is 1. The number of carbonyl (C=O) groups excluding carboxylic acids is 1. The van der Waals surface area contributed by atoms with E-state index in [1.54, 1.807) is 6.07 Å². The highest BCUT2D eigenvalue weighted by molar-refractivity contribution is 5.92. The number of rotatable bonds is 3. The van der Waals surface area contributed by atoms with Crippen LogP contribution in [0.5, 0.6) is 0 Å². The van der Waals surface area contributed by atoms with E-state index < -0.39 is 0 Å². The molecule has 6 rings (SSSR count). The normalized spacial score (nSPS) is 27.7. The van der Waals surface area contributed by atoms with Crippen LogP contribution in [0.4, 0.5) is 0 Å². The number of fused-ring (bicyclic) bond motifs is 4. The van der Waals surface area contributed by atoms with Gasteiger partial charge in [0.1, 0.15) is 5.76 Å². The first-order valence-corrected chi connectivity index (χ1v) is 9.41. The van der Waals surface area contributed by atoms with E-state index in [9.17, 15) is 4.79 Å². The van der Waals surface area contributed by atoms with E-state index in [1.165, 1.54) is 12.8 Å². The highest BCUT2D eigenvalue weighted by Crippen LogP contribution is 2.32. The molecule has 2 bridgehead atoms. The Labute approximate surface area is 152 Å². The van der Waals surface area contributed by atoms with Gasteiger partial charge in [-0.25, -0.2) is 0 Å². The van der Waals surface area contributed by atoms with E-state index in [4.69, 9.17) is 4.42 Å². The predicted molar refractivity (Wildman–Crippen MR) is 101 cm³/mol. The largest absolute Gasteiger partial charge is 0.451 e. The van der Waals surface area contributed by atoms with Gasteiger partial charge in [0.25, 0.3) is 5.91 Å². The minimum atomic E-state index is -0.107. The van der Waals surface area contributed by atoms with Gasteiger partial charge in [-0.2, -0.15) is 0 Å². The number of hydrogen-bond acceptors (Lipinski definition) is 3. The number of aromatic nitrogens is 1. The summed E-state index contributed by atoms with van der Waals surface area (Å²) < 4.78 is 5.88. The molecule has 0 radical (unpaired) electrons. The predicted octanol–water partition coefficient (Wildman–Crippen LogP) is 3.64. The lowest BCUT2D eigenvalue weighted by molar-refractivity contribution is 0.0211. The minimum absolute atomic E-state index is 0.107. The van der Waals surface area contributed by atoms with Crippen molar-refractivity contribution in [3.8, 4) is 11.3 Å². The maximum absolute atomic E-state index is 12.7.